The van der Waals surface area contributed by atoms with Crippen LogP contribution in [0.15, 0.2) is 12.1 Å². The van der Waals surface area contributed by atoms with Crippen LogP contribution in [0.25, 0.3) is 0 Å². The SMILES string of the molecule is COc1cc(N)c(CC(=O)N2CCOCC2)cc1OC. The quantitative estimate of drug-likeness (QED) is 0.821. The molecule has 1 aromatic rings. The van der Waals surface area contributed by atoms with Crippen LogP contribution in [-0.2, 0) is 16.0 Å². The van der Waals surface area contributed by atoms with Crippen LogP contribution in [0.2, 0.25) is 0 Å². The molecule has 0 spiro atoms. The second-order valence-electron chi connectivity index (χ2n) is 4.58. The number of ether oxygens (including phenoxy) is 3. The van der Waals surface area contributed by atoms with Crippen molar-refractivity contribution >= 4 is 11.6 Å². The molecule has 0 atom stereocenters. The number of methoxy groups -OCH3 is 2. The topological polar surface area (TPSA) is 74.0 Å². The molecule has 2 N–H and O–H groups in total. The molecule has 1 amide bonds. The summed E-state index contributed by atoms with van der Waals surface area (Å²) in [5.41, 5.74) is 7.25. The van der Waals surface area contributed by atoms with Gasteiger partial charge in [0.15, 0.2) is 11.5 Å². The highest BCUT2D eigenvalue weighted by molar-refractivity contribution is 5.81. The normalized spacial score (nSPS) is 15.0. The van der Waals surface area contributed by atoms with E-state index in [0.29, 0.717) is 43.5 Å². The molecule has 110 valence electrons. The molecule has 2 rings (SSSR count). The molecule has 0 bridgehead atoms. The van der Waals surface area contributed by atoms with E-state index < -0.39 is 0 Å². The van der Waals surface area contributed by atoms with Crippen LogP contribution in [0.3, 0.4) is 0 Å². The van der Waals surface area contributed by atoms with E-state index in [9.17, 15) is 4.79 Å². The fraction of sp³-hybridized carbons (Fsp3) is 0.500. The van der Waals surface area contributed by atoms with E-state index in [-0.39, 0.29) is 12.3 Å². The average molecular weight is 280 g/mol. The first-order valence-electron chi connectivity index (χ1n) is 6.51. The zero-order valence-electron chi connectivity index (χ0n) is 11.8. The Balaban J connectivity index is 2.13. The number of morpholine rings is 1. The molecular weight excluding hydrogens is 260 g/mol. The smallest absolute Gasteiger partial charge is 0.227 e. The highest BCUT2D eigenvalue weighted by Gasteiger charge is 2.19. The van der Waals surface area contributed by atoms with Crippen molar-refractivity contribution in [3.8, 4) is 11.5 Å². The number of carbonyl (C=O) groups is 1. The monoisotopic (exact) mass is 280 g/mol. The van der Waals surface area contributed by atoms with E-state index in [2.05, 4.69) is 0 Å². The van der Waals surface area contributed by atoms with Crippen molar-refractivity contribution < 1.29 is 19.0 Å². The molecule has 20 heavy (non-hydrogen) atoms. The molecule has 1 aromatic carbocycles. The number of hydrogen-bond acceptors (Lipinski definition) is 5. The number of hydrogen-bond donors (Lipinski definition) is 1. The summed E-state index contributed by atoms with van der Waals surface area (Å²) in [4.78, 5) is 14.0. The van der Waals surface area contributed by atoms with Gasteiger partial charge in [0.2, 0.25) is 5.91 Å². The van der Waals surface area contributed by atoms with Gasteiger partial charge in [0.1, 0.15) is 0 Å². The van der Waals surface area contributed by atoms with Crippen molar-refractivity contribution in [2.45, 2.75) is 6.42 Å². The van der Waals surface area contributed by atoms with Crippen LogP contribution in [-0.4, -0.2) is 51.3 Å². The fourth-order valence-corrected chi connectivity index (χ4v) is 2.18. The third kappa shape index (κ3) is 3.14. The van der Waals surface area contributed by atoms with Crippen molar-refractivity contribution in [2.75, 3.05) is 46.3 Å². The molecule has 0 unspecified atom stereocenters. The van der Waals surface area contributed by atoms with Gasteiger partial charge in [-0.3, -0.25) is 4.79 Å². The van der Waals surface area contributed by atoms with Crippen molar-refractivity contribution in [3.05, 3.63) is 17.7 Å². The molecule has 1 aliphatic heterocycles. The van der Waals surface area contributed by atoms with E-state index in [4.69, 9.17) is 19.9 Å². The van der Waals surface area contributed by atoms with Crippen molar-refractivity contribution in [1.82, 2.24) is 4.90 Å². The Kier molecular flexibility index (Phi) is 4.68. The minimum atomic E-state index is 0.0484. The molecule has 6 nitrogen and oxygen atoms in total. The van der Waals surface area contributed by atoms with Gasteiger partial charge in [-0.25, -0.2) is 0 Å². The maximum absolute atomic E-state index is 12.2. The van der Waals surface area contributed by atoms with Gasteiger partial charge in [0.05, 0.1) is 33.9 Å². The van der Waals surface area contributed by atoms with Crippen LogP contribution in [0, 0.1) is 0 Å². The molecule has 6 heteroatoms. The molecule has 1 heterocycles. The van der Waals surface area contributed by atoms with E-state index in [1.807, 2.05) is 0 Å². The van der Waals surface area contributed by atoms with Crippen LogP contribution >= 0.6 is 0 Å². The minimum absolute atomic E-state index is 0.0484. The van der Waals surface area contributed by atoms with Crippen molar-refractivity contribution in [3.63, 3.8) is 0 Å². The third-order valence-electron chi connectivity index (χ3n) is 3.35. The summed E-state index contributed by atoms with van der Waals surface area (Å²) in [5, 5.41) is 0. The number of nitrogens with zero attached hydrogens (tertiary/aromatic N) is 1. The van der Waals surface area contributed by atoms with Crippen LogP contribution in [0.5, 0.6) is 11.5 Å². The lowest BCUT2D eigenvalue weighted by Crippen LogP contribution is -2.41. The lowest BCUT2D eigenvalue weighted by molar-refractivity contribution is -0.134. The van der Waals surface area contributed by atoms with Gasteiger partial charge in [0, 0.05) is 24.8 Å². The number of nitrogen functional groups attached to an aromatic ring is 1. The van der Waals surface area contributed by atoms with Gasteiger partial charge < -0.3 is 24.8 Å². The molecule has 1 saturated heterocycles. The van der Waals surface area contributed by atoms with E-state index >= 15 is 0 Å². The first kappa shape index (κ1) is 14.5. The van der Waals surface area contributed by atoms with Crippen molar-refractivity contribution in [2.24, 2.45) is 0 Å². The molecule has 1 fully saturated rings. The second-order valence-corrected chi connectivity index (χ2v) is 4.58. The molecule has 0 aromatic heterocycles. The summed E-state index contributed by atoms with van der Waals surface area (Å²) in [7, 11) is 3.11. The Labute approximate surface area is 118 Å². The Morgan fingerprint density at radius 3 is 2.45 bits per heavy atom. The Morgan fingerprint density at radius 1 is 1.25 bits per heavy atom. The highest BCUT2D eigenvalue weighted by Crippen LogP contribution is 2.32. The van der Waals surface area contributed by atoms with Gasteiger partial charge >= 0.3 is 0 Å². The van der Waals surface area contributed by atoms with Gasteiger partial charge in [0.25, 0.3) is 0 Å². The fourth-order valence-electron chi connectivity index (χ4n) is 2.18. The van der Waals surface area contributed by atoms with Gasteiger partial charge in [-0.1, -0.05) is 0 Å². The summed E-state index contributed by atoms with van der Waals surface area (Å²) in [6, 6.07) is 3.44. The van der Waals surface area contributed by atoms with Gasteiger partial charge in [-0.2, -0.15) is 0 Å². The summed E-state index contributed by atoms with van der Waals surface area (Å²) < 4.78 is 15.6. The third-order valence-corrected chi connectivity index (χ3v) is 3.35. The number of benzene rings is 1. The highest BCUT2D eigenvalue weighted by atomic mass is 16.5. The summed E-state index contributed by atoms with van der Waals surface area (Å²) in [6.07, 6.45) is 0.256. The number of anilines is 1. The first-order chi connectivity index (χ1) is 9.65. The Morgan fingerprint density at radius 2 is 1.85 bits per heavy atom. The second kappa shape index (κ2) is 6.47. The van der Waals surface area contributed by atoms with E-state index in [1.165, 1.54) is 0 Å². The number of rotatable bonds is 4. The molecule has 0 saturated carbocycles. The van der Waals surface area contributed by atoms with Crippen LogP contribution in [0.4, 0.5) is 5.69 Å². The molecule has 0 radical (unpaired) electrons. The molecular formula is C14H20N2O4. The molecule has 1 aliphatic rings. The van der Waals surface area contributed by atoms with Crippen LogP contribution in [0.1, 0.15) is 5.56 Å². The first-order valence-corrected chi connectivity index (χ1v) is 6.51. The predicted molar refractivity (Wildman–Crippen MR) is 75.1 cm³/mol. The Bertz CT molecular complexity index is 484. The summed E-state index contributed by atoms with van der Waals surface area (Å²) in [5.74, 6) is 1.19. The van der Waals surface area contributed by atoms with E-state index in [1.54, 1.807) is 31.3 Å². The lowest BCUT2D eigenvalue weighted by Gasteiger charge is -2.27. The zero-order valence-corrected chi connectivity index (χ0v) is 11.8. The maximum Gasteiger partial charge on any atom is 0.227 e. The number of carbonyl (C=O) groups excluding carboxylic acids is 1. The van der Waals surface area contributed by atoms with Gasteiger partial charge in [-0.05, 0) is 11.6 Å². The largest absolute Gasteiger partial charge is 0.493 e. The van der Waals surface area contributed by atoms with Crippen molar-refractivity contribution in [1.29, 1.82) is 0 Å². The standard InChI is InChI=1S/C14H20N2O4/c1-18-12-7-10(11(15)9-13(12)19-2)8-14(17)16-3-5-20-6-4-16/h7,9H,3-6,8,15H2,1-2H3. The minimum Gasteiger partial charge on any atom is -0.493 e. The molecule has 0 aliphatic carbocycles. The summed E-state index contributed by atoms with van der Waals surface area (Å²) in [6.45, 7) is 2.44. The predicted octanol–water partition coefficient (Wildman–Crippen LogP) is 0.687. The van der Waals surface area contributed by atoms with Gasteiger partial charge in [-0.15, -0.1) is 0 Å². The Hall–Kier alpha value is -1.95. The lowest BCUT2D eigenvalue weighted by atomic mass is 10.1. The van der Waals surface area contributed by atoms with Crippen LogP contribution < -0.4 is 15.2 Å². The summed E-state index contributed by atoms with van der Waals surface area (Å²) >= 11 is 0. The zero-order chi connectivity index (χ0) is 14.5. The maximum atomic E-state index is 12.2. The van der Waals surface area contributed by atoms with E-state index in [0.717, 1.165) is 5.56 Å². The number of amides is 1. The number of nitrogens with two attached hydrogens (primary N) is 1. The average Bonchev–Trinajstić information content (AvgIpc) is 2.49.